The molecule has 1 aliphatic heterocycles. The Labute approximate surface area is 102 Å². The van der Waals surface area contributed by atoms with Gasteiger partial charge in [0.2, 0.25) is 5.28 Å². The SMILES string of the molecule is O=S(CC1CCCCN1)c1ccnc(Cl)n1. The molecule has 6 heteroatoms. The van der Waals surface area contributed by atoms with Gasteiger partial charge in [-0.15, -0.1) is 0 Å². The second kappa shape index (κ2) is 5.70. The third-order valence-electron chi connectivity index (χ3n) is 2.60. The van der Waals surface area contributed by atoms with Crippen molar-refractivity contribution in [3.63, 3.8) is 0 Å². The molecule has 0 aromatic carbocycles. The van der Waals surface area contributed by atoms with E-state index in [0.717, 1.165) is 13.0 Å². The molecule has 1 N–H and O–H groups in total. The number of hydrogen-bond acceptors (Lipinski definition) is 4. The summed E-state index contributed by atoms with van der Waals surface area (Å²) in [7, 11) is -1.09. The summed E-state index contributed by atoms with van der Waals surface area (Å²) in [5, 5.41) is 4.04. The van der Waals surface area contributed by atoms with E-state index in [1.54, 1.807) is 6.07 Å². The zero-order chi connectivity index (χ0) is 11.4. The van der Waals surface area contributed by atoms with Crippen LogP contribution in [-0.4, -0.2) is 32.5 Å². The van der Waals surface area contributed by atoms with Crippen LogP contribution in [0.15, 0.2) is 17.3 Å². The highest BCUT2D eigenvalue weighted by molar-refractivity contribution is 7.85. The van der Waals surface area contributed by atoms with Gasteiger partial charge in [-0.3, -0.25) is 4.21 Å². The maximum absolute atomic E-state index is 12.0. The predicted molar refractivity (Wildman–Crippen MR) is 64.0 cm³/mol. The molecule has 0 spiro atoms. The van der Waals surface area contributed by atoms with Gasteiger partial charge < -0.3 is 5.32 Å². The number of piperidine rings is 1. The zero-order valence-corrected chi connectivity index (χ0v) is 10.4. The lowest BCUT2D eigenvalue weighted by molar-refractivity contribution is 0.427. The van der Waals surface area contributed by atoms with Crippen LogP contribution in [0.1, 0.15) is 19.3 Å². The second-order valence-corrected chi connectivity index (χ2v) is 5.60. The van der Waals surface area contributed by atoms with Crippen LogP contribution in [-0.2, 0) is 10.8 Å². The number of halogens is 1. The van der Waals surface area contributed by atoms with Crippen molar-refractivity contribution in [2.24, 2.45) is 0 Å². The molecule has 0 saturated carbocycles. The standard InChI is InChI=1S/C10H14ClN3OS/c11-10-13-6-4-9(14-10)16(15)7-8-3-1-2-5-12-8/h4,6,8,12H,1-3,5,7H2. The summed E-state index contributed by atoms with van der Waals surface area (Å²) in [5.41, 5.74) is 0. The second-order valence-electron chi connectivity index (χ2n) is 3.82. The number of rotatable bonds is 3. The van der Waals surface area contributed by atoms with Crippen LogP contribution in [0.2, 0.25) is 5.28 Å². The summed E-state index contributed by atoms with van der Waals surface area (Å²) in [6, 6.07) is 1.99. The Morgan fingerprint density at radius 2 is 2.44 bits per heavy atom. The quantitative estimate of drug-likeness (QED) is 0.658. The molecule has 1 saturated heterocycles. The Bertz CT molecular complexity index is 382. The first kappa shape index (κ1) is 12.0. The lowest BCUT2D eigenvalue weighted by Gasteiger charge is -2.22. The molecule has 1 aliphatic rings. The van der Waals surface area contributed by atoms with Gasteiger partial charge in [-0.25, -0.2) is 9.97 Å². The van der Waals surface area contributed by atoms with Crippen LogP contribution in [0, 0.1) is 0 Å². The fourth-order valence-electron chi connectivity index (χ4n) is 1.78. The van der Waals surface area contributed by atoms with Gasteiger partial charge >= 0.3 is 0 Å². The van der Waals surface area contributed by atoms with Gasteiger partial charge in [0, 0.05) is 18.0 Å². The van der Waals surface area contributed by atoms with Crippen molar-refractivity contribution in [3.05, 3.63) is 17.5 Å². The Balaban J connectivity index is 1.97. The summed E-state index contributed by atoms with van der Waals surface area (Å²) >= 11 is 5.66. The van der Waals surface area contributed by atoms with Crippen LogP contribution in [0.3, 0.4) is 0 Å². The van der Waals surface area contributed by atoms with Crippen molar-refractivity contribution in [2.45, 2.75) is 30.3 Å². The van der Waals surface area contributed by atoms with Crippen molar-refractivity contribution in [1.29, 1.82) is 0 Å². The molecule has 0 aliphatic carbocycles. The number of nitrogens with zero attached hydrogens (tertiary/aromatic N) is 2. The van der Waals surface area contributed by atoms with Gasteiger partial charge in [0.05, 0.1) is 10.8 Å². The number of hydrogen-bond donors (Lipinski definition) is 1. The predicted octanol–water partition coefficient (Wildman–Crippen LogP) is 1.38. The molecule has 16 heavy (non-hydrogen) atoms. The Morgan fingerprint density at radius 3 is 3.12 bits per heavy atom. The van der Waals surface area contributed by atoms with Gasteiger partial charge in [0.25, 0.3) is 0 Å². The van der Waals surface area contributed by atoms with Crippen LogP contribution >= 0.6 is 11.6 Å². The third-order valence-corrected chi connectivity index (χ3v) is 4.18. The maximum atomic E-state index is 12.0. The average molecular weight is 260 g/mol. The Morgan fingerprint density at radius 1 is 1.56 bits per heavy atom. The molecule has 4 nitrogen and oxygen atoms in total. The monoisotopic (exact) mass is 259 g/mol. The van der Waals surface area contributed by atoms with E-state index in [1.807, 2.05) is 0 Å². The van der Waals surface area contributed by atoms with Crippen LogP contribution in [0.4, 0.5) is 0 Å². The summed E-state index contributed by atoms with van der Waals surface area (Å²) in [4.78, 5) is 7.74. The van der Waals surface area contributed by atoms with Gasteiger partial charge in [-0.1, -0.05) is 6.42 Å². The lowest BCUT2D eigenvalue weighted by atomic mass is 10.1. The van der Waals surface area contributed by atoms with Crippen molar-refractivity contribution in [3.8, 4) is 0 Å². The molecular formula is C10H14ClN3OS. The molecule has 0 radical (unpaired) electrons. The smallest absolute Gasteiger partial charge is 0.223 e. The van der Waals surface area contributed by atoms with E-state index in [9.17, 15) is 4.21 Å². The van der Waals surface area contributed by atoms with Crippen LogP contribution in [0.5, 0.6) is 0 Å². The van der Waals surface area contributed by atoms with Crippen LogP contribution in [0.25, 0.3) is 0 Å². The van der Waals surface area contributed by atoms with E-state index in [4.69, 9.17) is 11.6 Å². The van der Waals surface area contributed by atoms with Crippen molar-refractivity contribution < 1.29 is 4.21 Å². The minimum Gasteiger partial charge on any atom is -0.313 e. The summed E-state index contributed by atoms with van der Waals surface area (Å²) in [5.74, 6) is 0.605. The lowest BCUT2D eigenvalue weighted by Crippen LogP contribution is -2.38. The average Bonchev–Trinajstić information content (AvgIpc) is 2.30. The fraction of sp³-hybridized carbons (Fsp3) is 0.600. The van der Waals surface area contributed by atoms with Gasteiger partial charge in [-0.2, -0.15) is 0 Å². The molecule has 0 amide bonds. The normalized spacial score (nSPS) is 22.9. The van der Waals surface area contributed by atoms with E-state index < -0.39 is 10.8 Å². The summed E-state index contributed by atoms with van der Waals surface area (Å²) in [6.45, 7) is 1.02. The fourth-order valence-corrected chi connectivity index (χ4v) is 3.20. The Hall–Kier alpha value is -0.520. The van der Waals surface area contributed by atoms with E-state index in [1.165, 1.54) is 19.0 Å². The Kier molecular flexibility index (Phi) is 4.26. The van der Waals surface area contributed by atoms with Crippen molar-refractivity contribution in [2.75, 3.05) is 12.3 Å². The highest BCUT2D eigenvalue weighted by atomic mass is 35.5. The first-order chi connectivity index (χ1) is 7.75. The largest absolute Gasteiger partial charge is 0.313 e. The molecule has 2 heterocycles. The topological polar surface area (TPSA) is 54.9 Å². The summed E-state index contributed by atoms with van der Waals surface area (Å²) < 4.78 is 12.0. The van der Waals surface area contributed by atoms with E-state index in [-0.39, 0.29) is 5.28 Å². The van der Waals surface area contributed by atoms with Crippen molar-refractivity contribution >= 4 is 22.4 Å². The van der Waals surface area contributed by atoms with Gasteiger partial charge in [0.1, 0.15) is 5.03 Å². The molecule has 2 rings (SSSR count). The highest BCUT2D eigenvalue weighted by Crippen LogP contribution is 2.12. The first-order valence-corrected chi connectivity index (χ1v) is 7.06. The van der Waals surface area contributed by atoms with E-state index in [0.29, 0.717) is 16.8 Å². The zero-order valence-electron chi connectivity index (χ0n) is 8.86. The van der Waals surface area contributed by atoms with Crippen molar-refractivity contribution in [1.82, 2.24) is 15.3 Å². The van der Waals surface area contributed by atoms with Crippen LogP contribution < -0.4 is 5.32 Å². The molecule has 2 atom stereocenters. The molecule has 1 aromatic heterocycles. The van der Waals surface area contributed by atoms with Gasteiger partial charge in [-0.05, 0) is 37.1 Å². The molecule has 88 valence electrons. The highest BCUT2D eigenvalue weighted by Gasteiger charge is 2.17. The minimum atomic E-state index is -1.09. The minimum absolute atomic E-state index is 0.155. The van der Waals surface area contributed by atoms with E-state index >= 15 is 0 Å². The molecule has 0 bridgehead atoms. The summed E-state index contributed by atoms with van der Waals surface area (Å²) in [6.07, 6.45) is 5.04. The van der Waals surface area contributed by atoms with Gasteiger partial charge in [0.15, 0.2) is 0 Å². The molecular weight excluding hydrogens is 246 g/mol. The number of aromatic nitrogens is 2. The molecule has 1 fully saturated rings. The first-order valence-electron chi connectivity index (χ1n) is 5.36. The van der Waals surface area contributed by atoms with E-state index in [2.05, 4.69) is 15.3 Å². The number of nitrogens with one attached hydrogen (secondary N) is 1. The molecule has 2 unspecified atom stereocenters. The maximum Gasteiger partial charge on any atom is 0.223 e. The molecule has 1 aromatic rings. The third kappa shape index (κ3) is 3.23.